The number of carbonyl (C=O) groups excluding carboxylic acids is 1. The molecule has 0 aliphatic carbocycles. The van der Waals surface area contributed by atoms with Gasteiger partial charge in [0.1, 0.15) is 11.7 Å². The number of hydrogen-bond acceptors (Lipinski definition) is 9. The first-order chi connectivity index (χ1) is 15.7. The van der Waals surface area contributed by atoms with Gasteiger partial charge in [-0.05, 0) is 30.7 Å². The van der Waals surface area contributed by atoms with Crippen molar-refractivity contribution < 1.29 is 24.6 Å². The Bertz CT molecular complexity index is 1140. The number of H-pyrrole nitrogens is 1. The Morgan fingerprint density at radius 1 is 1.24 bits per heavy atom. The molecule has 2 atom stereocenters. The molecule has 1 aromatic heterocycles. The van der Waals surface area contributed by atoms with Crippen LogP contribution >= 0.6 is 0 Å². The number of nitrogen functional groups attached to an aromatic ring is 1. The van der Waals surface area contributed by atoms with Crippen molar-refractivity contribution in [1.82, 2.24) is 15.3 Å². The number of nitrogens with two attached hydrogens (primary N) is 1. The Balaban J connectivity index is 1.60. The van der Waals surface area contributed by atoms with Crippen molar-refractivity contribution in [3.05, 3.63) is 40.2 Å². The predicted molar refractivity (Wildman–Crippen MR) is 120 cm³/mol. The van der Waals surface area contributed by atoms with Gasteiger partial charge in [0.15, 0.2) is 5.82 Å². The van der Waals surface area contributed by atoms with Crippen LogP contribution in [0.3, 0.4) is 0 Å². The fourth-order valence-corrected chi connectivity index (χ4v) is 3.22. The van der Waals surface area contributed by atoms with Crippen LogP contribution in [0.15, 0.2) is 34.1 Å². The summed E-state index contributed by atoms with van der Waals surface area (Å²) < 4.78 is 0. The second-order valence-electron chi connectivity index (χ2n) is 7.33. The van der Waals surface area contributed by atoms with Crippen LogP contribution in [0.5, 0.6) is 0 Å². The number of benzene rings is 1. The Morgan fingerprint density at radius 3 is 2.58 bits per heavy atom. The number of nitrogens with one attached hydrogen (secondary N) is 3. The number of aromatic amines is 1. The molecule has 0 spiro atoms. The van der Waals surface area contributed by atoms with E-state index in [2.05, 4.69) is 25.6 Å². The fraction of sp³-hybridized carbons (Fsp3) is 0.300. The summed E-state index contributed by atoms with van der Waals surface area (Å²) in [5, 5.41) is 23.4. The minimum Gasteiger partial charge on any atom is -0.481 e. The number of nitrogens with zero attached hydrogens (tertiary/aromatic N) is 3. The standard InChI is InChI=1S/C20H23N7O6/c1-27-12(9-23-16-15(27)18(31)26-20(21)25-16)8-22-11-4-2-10(3-5-11)17(30)24-13(19(32)33)6-7-14(28)29/h2-5,9,12-13,22H,6-8H2,1H3,(H,24,30)(H,28,29)(H,32,33)(H3,21,25,26,31)/t12-,13+/m1/s1. The third kappa shape index (κ3) is 5.64. The molecule has 1 aliphatic heterocycles. The molecule has 0 saturated heterocycles. The van der Waals surface area contributed by atoms with Crippen LogP contribution in [0, 0.1) is 0 Å². The van der Waals surface area contributed by atoms with Crippen molar-refractivity contribution >= 4 is 47.2 Å². The number of anilines is 3. The Kier molecular flexibility index (Phi) is 6.91. The van der Waals surface area contributed by atoms with E-state index in [1.807, 2.05) is 0 Å². The van der Waals surface area contributed by atoms with Crippen molar-refractivity contribution in [2.75, 3.05) is 29.5 Å². The van der Waals surface area contributed by atoms with Crippen LogP contribution < -0.4 is 26.8 Å². The highest BCUT2D eigenvalue weighted by molar-refractivity contribution is 5.97. The maximum absolute atomic E-state index is 12.3. The number of rotatable bonds is 9. The molecule has 174 valence electrons. The predicted octanol–water partition coefficient (Wildman–Crippen LogP) is 0.0327. The molecule has 3 rings (SSSR count). The monoisotopic (exact) mass is 457 g/mol. The molecular weight excluding hydrogens is 434 g/mol. The number of aliphatic carboxylic acids is 2. The summed E-state index contributed by atoms with van der Waals surface area (Å²) in [5.41, 5.74) is 6.37. The Morgan fingerprint density at radius 2 is 1.94 bits per heavy atom. The van der Waals surface area contributed by atoms with Crippen molar-refractivity contribution in [2.45, 2.75) is 24.9 Å². The number of carboxylic acids is 2. The molecular formula is C20H23N7O6. The largest absolute Gasteiger partial charge is 0.481 e. The van der Waals surface area contributed by atoms with Gasteiger partial charge >= 0.3 is 11.9 Å². The van der Waals surface area contributed by atoms with Crippen molar-refractivity contribution in [2.24, 2.45) is 4.99 Å². The van der Waals surface area contributed by atoms with E-state index in [4.69, 9.17) is 15.9 Å². The third-order valence-corrected chi connectivity index (χ3v) is 5.03. The quantitative estimate of drug-likeness (QED) is 0.298. The van der Waals surface area contributed by atoms with E-state index in [0.717, 1.165) is 0 Å². The molecule has 1 aliphatic rings. The molecule has 7 N–H and O–H groups in total. The highest BCUT2D eigenvalue weighted by atomic mass is 16.4. The number of carbonyl (C=O) groups is 3. The summed E-state index contributed by atoms with van der Waals surface area (Å²) in [6, 6.07) is 4.76. The van der Waals surface area contributed by atoms with Crippen LogP contribution in [-0.2, 0) is 9.59 Å². The summed E-state index contributed by atoms with van der Waals surface area (Å²) in [5.74, 6) is -2.84. The van der Waals surface area contributed by atoms with Gasteiger partial charge in [-0.15, -0.1) is 0 Å². The molecule has 0 bridgehead atoms. The van der Waals surface area contributed by atoms with Gasteiger partial charge in [-0.3, -0.25) is 19.4 Å². The molecule has 13 heteroatoms. The molecule has 33 heavy (non-hydrogen) atoms. The van der Waals surface area contributed by atoms with Crippen LogP contribution in [0.2, 0.25) is 0 Å². The zero-order chi connectivity index (χ0) is 24.1. The van der Waals surface area contributed by atoms with E-state index in [9.17, 15) is 19.2 Å². The van der Waals surface area contributed by atoms with Crippen LogP contribution in [0.25, 0.3) is 0 Å². The maximum Gasteiger partial charge on any atom is 0.326 e. The van der Waals surface area contributed by atoms with Gasteiger partial charge in [0.2, 0.25) is 5.95 Å². The lowest BCUT2D eigenvalue weighted by atomic mass is 10.1. The number of aliphatic imine (C=N–C) groups is 1. The number of fused-ring (bicyclic) bond motifs is 1. The molecule has 13 nitrogen and oxygen atoms in total. The lowest BCUT2D eigenvalue weighted by molar-refractivity contribution is -0.140. The van der Waals surface area contributed by atoms with Gasteiger partial charge in [0, 0.05) is 37.5 Å². The molecule has 0 radical (unpaired) electrons. The first-order valence-electron chi connectivity index (χ1n) is 9.92. The highest BCUT2D eigenvalue weighted by Crippen LogP contribution is 2.26. The van der Waals surface area contributed by atoms with Gasteiger partial charge in [-0.1, -0.05) is 0 Å². The first-order valence-corrected chi connectivity index (χ1v) is 9.92. The molecule has 1 amide bonds. The molecule has 0 fully saturated rings. The summed E-state index contributed by atoms with van der Waals surface area (Å²) in [4.78, 5) is 58.8. The molecule has 2 heterocycles. The summed E-state index contributed by atoms with van der Waals surface area (Å²) >= 11 is 0. The van der Waals surface area contributed by atoms with Crippen molar-refractivity contribution in [1.29, 1.82) is 0 Å². The van der Waals surface area contributed by atoms with Crippen LogP contribution in [0.4, 0.5) is 23.1 Å². The topological polar surface area (TPSA) is 203 Å². The first kappa shape index (κ1) is 23.2. The van der Waals surface area contributed by atoms with Gasteiger partial charge in [0.05, 0.1) is 6.04 Å². The normalized spacial score (nSPS) is 15.4. The minimum absolute atomic E-state index is 0.0124. The maximum atomic E-state index is 12.3. The zero-order valence-electron chi connectivity index (χ0n) is 17.6. The zero-order valence-corrected chi connectivity index (χ0v) is 17.6. The number of carboxylic acid groups (broad SMARTS) is 2. The molecule has 0 unspecified atom stereocenters. The number of aromatic nitrogens is 2. The minimum atomic E-state index is -1.31. The molecule has 1 aromatic carbocycles. The van der Waals surface area contributed by atoms with E-state index in [0.29, 0.717) is 17.9 Å². The van der Waals surface area contributed by atoms with E-state index in [1.165, 1.54) is 12.1 Å². The average Bonchev–Trinajstić information content (AvgIpc) is 2.75. The number of likely N-dealkylation sites (N-methyl/N-ethyl adjacent to an activating group) is 1. The lowest BCUT2D eigenvalue weighted by Gasteiger charge is -2.30. The second-order valence-corrected chi connectivity index (χ2v) is 7.33. The van der Waals surface area contributed by atoms with Gasteiger partial charge in [-0.25, -0.2) is 9.79 Å². The van der Waals surface area contributed by atoms with Gasteiger partial charge < -0.3 is 31.5 Å². The number of amides is 1. The average molecular weight is 457 g/mol. The van der Waals surface area contributed by atoms with E-state index >= 15 is 0 Å². The third-order valence-electron chi connectivity index (χ3n) is 5.03. The SMILES string of the molecule is CN1c2c(nc(N)[nH]c2=O)N=C[C@H]1CNc1ccc(C(=O)N[C@@H](CCC(=O)O)C(=O)O)cc1. The second kappa shape index (κ2) is 9.80. The van der Waals surface area contributed by atoms with E-state index in [1.54, 1.807) is 30.3 Å². The fourth-order valence-electron chi connectivity index (χ4n) is 3.22. The summed E-state index contributed by atoms with van der Waals surface area (Å²) in [7, 11) is 1.74. The number of hydrogen-bond donors (Lipinski definition) is 6. The Labute approximate surface area is 187 Å². The van der Waals surface area contributed by atoms with E-state index < -0.39 is 23.9 Å². The van der Waals surface area contributed by atoms with Crippen LogP contribution in [-0.4, -0.2) is 69.9 Å². The van der Waals surface area contributed by atoms with Crippen LogP contribution in [0.1, 0.15) is 23.2 Å². The Hall–Kier alpha value is -4.42. The molecule has 0 saturated carbocycles. The molecule has 2 aromatic rings. The lowest BCUT2D eigenvalue weighted by Crippen LogP contribution is -2.43. The smallest absolute Gasteiger partial charge is 0.326 e. The van der Waals surface area contributed by atoms with Gasteiger partial charge in [0.25, 0.3) is 11.5 Å². The highest BCUT2D eigenvalue weighted by Gasteiger charge is 2.25. The van der Waals surface area contributed by atoms with Gasteiger partial charge in [-0.2, -0.15) is 4.98 Å². The van der Waals surface area contributed by atoms with E-state index in [-0.39, 0.29) is 41.8 Å². The summed E-state index contributed by atoms with van der Waals surface area (Å²) in [6.07, 6.45) is 1.05. The van der Waals surface area contributed by atoms with Crippen molar-refractivity contribution in [3.8, 4) is 0 Å². The summed E-state index contributed by atoms with van der Waals surface area (Å²) in [6.45, 7) is 0.394. The van der Waals surface area contributed by atoms with Crippen molar-refractivity contribution in [3.63, 3.8) is 0 Å².